The van der Waals surface area contributed by atoms with Crippen LogP contribution in [0.3, 0.4) is 0 Å². The fraction of sp³-hybridized carbons (Fsp3) is 0.385. The SMILES string of the molecule is CN(CCC#N)C(=O)CCS(=O)c1cc(Cl)ccc1Cl. The van der Waals surface area contributed by atoms with Gasteiger partial charge in [0.25, 0.3) is 0 Å². The van der Waals surface area contributed by atoms with E-state index in [2.05, 4.69) is 0 Å². The molecule has 1 aromatic carbocycles. The number of halogens is 2. The molecule has 0 saturated carbocycles. The summed E-state index contributed by atoms with van der Waals surface area (Å²) in [5.41, 5.74) is 0. The largest absolute Gasteiger partial charge is 0.345 e. The van der Waals surface area contributed by atoms with Crippen molar-refractivity contribution in [3.05, 3.63) is 28.2 Å². The van der Waals surface area contributed by atoms with Crippen LogP contribution < -0.4 is 0 Å². The molecule has 0 aliphatic carbocycles. The fourth-order valence-corrected chi connectivity index (χ4v) is 3.21. The van der Waals surface area contributed by atoms with Gasteiger partial charge in [-0.05, 0) is 18.2 Å². The molecule has 0 spiro atoms. The van der Waals surface area contributed by atoms with Crippen LogP contribution in [0.1, 0.15) is 12.8 Å². The van der Waals surface area contributed by atoms with E-state index in [9.17, 15) is 9.00 Å². The quantitative estimate of drug-likeness (QED) is 0.804. The fourth-order valence-electron chi connectivity index (χ4n) is 1.47. The van der Waals surface area contributed by atoms with Gasteiger partial charge < -0.3 is 4.90 Å². The zero-order valence-corrected chi connectivity index (χ0v) is 13.3. The summed E-state index contributed by atoms with van der Waals surface area (Å²) >= 11 is 11.8. The number of nitriles is 1. The van der Waals surface area contributed by atoms with Gasteiger partial charge in [-0.15, -0.1) is 0 Å². The van der Waals surface area contributed by atoms with Crippen molar-refractivity contribution in [1.82, 2.24) is 4.90 Å². The molecule has 0 aromatic heterocycles. The van der Waals surface area contributed by atoms with E-state index in [1.54, 1.807) is 25.2 Å². The minimum Gasteiger partial charge on any atom is -0.345 e. The molecule has 1 amide bonds. The van der Waals surface area contributed by atoms with Crippen molar-refractivity contribution < 1.29 is 9.00 Å². The minimum absolute atomic E-state index is 0.136. The summed E-state index contributed by atoms with van der Waals surface area (Å²) < 4.78 is 12.1. The van der Waals surface area contributed by atoms with Crippen LogP contribution in [0.15, 0.2) is 23.1 Å². The van der Waals surface area contributed by atoms with Gasteiger partial charge in [0.2, 0.25) is 5.91 Å². The molecule has 0 radical (unpaired) electrons. The van der Waals surface area contributed by atoms with Gasteiger partial charge in [0.1, 0.15) is 0 Å². The van der Waals surface area contributed by atoms with E-state index in [0.717, 1.165) is 0 Å². The molecule has 0 N–H and O–H groups in total. The Hall–Kier alpha value is -1.09. The van der Waals surface area contributed by atoms with Gasteiger partial charge >= 0.3 is 0 Å². The van der Waals surface area contributed by atoms with Gasteiger partial charge in [0, 0.05) is 30.8 Å². The Morgan fingerprint density at radius 3 is 2.80 bits per heavy atom. The van der Waals surface area contributed by atoms with Crippen LogP contribution in [0, 0.1) is 11.3 Å². The Bertz CT molecular complexity index is 558. The summed E-state index contributed by atoms with van der Waals surface area (Å²) in [6, 6.07) is 6.72. The van der Waals surface area contributed by atoms with Crippen LogP contribution in [0.25, 0.3) is 0 Å². The molecule has 0 saturated heterocycles. The number of carbonyl (C=O) groups excluding carboxylic acids is 1. The van der Waals surface area contributed by atoms with Crippen molar-refractivity contribution in [2.24, 2.45) is 0 Å². The molecular formula is C13H14Cl2N2O2S. The van der Waals surface area contributed by atoms with E-state index in [-0.39, 0.29) is 24.5 Å². The van der Waals surface area contributed by atoms with Crippen LogP contribution in [-0.2, 0) is 15.6 Å². The van der Waals surface area contributed by atoms with Crippen molar-refractivity contribution in [1.29, 1.82) is 5.26 Å². The number of hydrogen-bond donors (Lipinski definition) is 0. The molecule has 1 atom stereocenters. The zero-order chi connectivity index (χ0) is 15.1. The van der Waals surface area contributed by atoms with Crippen LogP contribution in [0.2, 0.25) is 10.0 Å². The molecule has 1 aromatic rings. The Balaban J connectivity index is 2.57. The average molecular weight is 333 g/mol. The Morgan fingerprint density at radius 2 is 2.15 bits per heavy atom. The highest BCUT2D eigenvalue weighted by Gasteiger charge is 2.14. The normalized spacial score (nSPS) is 11.7. The standard InChI is InChI=1S/C13H14Cl2N2O2S/c1-17(7-2-6-16)13(18)5-8-20(19)12-9-10(14)3-4-11(12)15/h3-4,9H,2,5,7-8H2,1H3. The summed E-state index contributed by atoms with van der Waals surface area (Å²) in [7, 11) is 0.243. The molecule has 108 valence electrons. The van der Waals surface area contributed by atoms with E-state index in [1.807, 2.05) is 6.07 Å². The molecule has 7 heteroatoms. The average Bonchev–Trinajstić information content (AvgIpc) is 2.44. The highest BCUT2D eigenvalue weighted by atomic mass is 35.5. The molecular weight excluding hydrogens is 319 g/mol. The molecule has 0 bridgehead atoms. The number of rotatable bonds is 6. The maximum atomic E-state index is 12.1. The lowest BCUT2D eigenvalue weighted by Gasteiger charge is -2.15. The summed E-state index contributed by atoms with van der Waals surface area (Å²) in [5.74, 6) is 0.0299. The number of benzene rings is 1. The summed E-state index contributed by atoms with van der Waals surface area (Å²) in [6.45, 7) is 0.375. The summed E-state index contributed by atoms with van der Waals surface area (Å²) in [6.07, 6.45) is 0.419. The molecule has 0 aliphatic rings. The number of hydrogen-bond acceptors (Lipinski definition) is 3. The van der Waals surface area contributed by atoms with Crippen molar-refractivity contribution in [2.45, 2.75) is 17.7 Å². The second kappa shape index (κ2) is 8.25. The number of amides is 1. The predicted molar refractivity (Wildman–Crippen MR) is 80.2 cm³/mol. The van der Waals surface area contributed by atoms with Crippen LogP contribution >= 0.6 is 23.2 Å². The molecule has 20 heavy (non-hydrogen) atoms. The van der Waals surface area contributed by atoms with E-state index in [0.29, 0.717) is 21.5 Å². The van der Waals surface area contributed by atoms with Crippen molar-refractivity contribution in [3.63, 3.8) is 0 Å². The lowest BCUT2D eigenvalue weighted by atomic mass is 10.3. The van der Waals surface area contributed by atoms with Crippen LogP contribution in [-0.4, -0.2) is 34.4 Å². The molecule has 0 fully saturated rings. The molecule has 1 unspecified atom stereocenters. The van der Waals surface area contributed by atoms with Gasteiger partial charge in [-0.25, -0.2) is 0 Å². The molecule has 0 aliphatic heterocycles. The van der Waals surface area contributed by atoms with E-state index in [1.165, 1.54) is 4.90 Å². The van der Waals surface area contributed by atoms with Crippen LogP contribution in [0.4, 0.5) is 0 Å². The molecule has 0 heterocycles. The Kier molecular flexibility index (Phi) is 7.00. The van der Waals surface area contributed by atoms with Gasteiger partial charge in [-0.2, -0.15) is 5.26 Å². The predicted octanol–water partition coefficient (Wildman–Crippen LogP) is 2.86. The lowest BCUT2D eigenvalue weighted by molar-refractivity contribution is -0.129. The van der Waals surface area contributed by atoms with E-state index >= 15 is 0 Å². The van der Waals surface area contributed by atoms with Gasteiger partial charge in [-0.3, -0.25) is 9.00 Å². The highest BCUT2D eigenvalue weighted by molar-refractivity contribution is 7.85. The highest BCUT2D eigenvalue weighted by Crippen LogP contribution is 2.24. The monoisotopic (exact) mass is 332 g/mol. The van der Waals surface area contributed by atoms with Gasteiger partial charge in [0.15, 0.2) is 0 Å². The molecule has 4 nitrogen and oxygen atoms in total. The van der Waals surface area contributed by atoms with Crippen molar-refractivity contribution in [2.75, 3.05) is 19.3 Å². The topological polar surface area (TPSA) is 61.2 Å². The third kappa shape index (κ3) is 5.12. The minimum atomic E-state index is -1.38. The van der Waals surface area contributed by atoms with E-state index < -0.39 is 10.8 Å². The van der Waals surface area contributed by atoms with Crippen molar-refractivity contribution in [3.8, 4) is 6.07 Å². The second-order valence-electron chi connectivity index (χ2n) is 4.10. The third-order valence-electron chi connectivity index (χ3n) is 2.62. The van der Waals surface area contributed by atoms with Gasteiger partial charge in [-0.1, -0.05) is 23.2 Å². The third-order valence-corrected chi connectivity index (χ3v) is 4.70. The first kappa shape index (κ1) is 17.0. The maximum Gasteiger partial charge on any atom is 0.223 e. The molecule has 1 rings (SSSR count). The first-order valence-corrected chi connectivity index (χ1v) is 7.97. The summed E-state index contributed by atoms with van der Waals surface area (Å²) in [4.78, 5) is 13.7. The Labute approximate surface area is 130 Å². The number of nitrogens with zero attached hydrogens (tertiary/aromatic N) is 2. The second-order valence-corrected chi connectivity index (χ2v) is 6.48. The van der Waals surface area contributed by atoms with Crippen LogP contribution in [0.5, 0.6) is 0 Å². The summed E-state index contributed by atoms with van der Waals surface area (Å²) in [5, 5.41) is 9.28. The Morgan fingerprint density at radius 1 is 1.45 bits per heavy atom. The van der Waals surface area contributed by atoms with E-state index in [4.69, 9.17) is 28.5 Å². The van der Waals surface area contributed by atoms with Crippen molar-refractivity contribution >= 4 is 39.9 Å². The lowest BCUT2D eigenvalue weighted by Crippen LogP contribution is -2.28. The first-order chi connectivity index (χ1) is 9.45. The number of carbonyl (C=O) groups is 1. The zero-order valence-electron chi connectivity index (χ0n) is 10.9. The van der Waals surface area contributed by atoms with Gasteiger partial charge in [0.05, 0.1) is 33.2 Å². The smallest absolute Gasteiger partial charge is 0.223 e. The first-order valence-electron chi connectivity index (χ1n) is 5.90. The maximum absolute atomic E-state index is 12.1.